The molecule has 1 aromatic rings. The van der Waals surface area contributed by atoms with Crippen LogP contribution >= 0.6 is 11.6 Å². The maximum Gasteiger partial charge on any atom is 0.273 e. The fourth-order valence-corrected chi connectivity index (χ4v) is 1.78. The molecular weight excluding hydrogens is 216 g/mol. The Kier molecular flexibility index (Phi) is 3.07. The summed E-state index contributed by atoms with van der Waals surface area (Å²) in [5, 5.41) is 4.42. The van der Waals surface area contributed by atoms with Gasteiger partial charge in [-0.05, 0) is 26.2 Å². The monoisotopic (exact) mass is 228 g/mol. The Morgan fingerprint density at radius 3 is 3.07 bits per heavy atom. The Balaban J connectivity index is 2.35. The standard InChI is InChI=1S/C10H13ClN2O2/c1-7-8(11)6-12-13(10(7)14)9-4-2-3-5-15-9/h6,9H,2-5H2,1H3/t9-/m1/s1. The second-order valence-electron chi connectivity index (χ2n) is 3.69. The summed E-state index contributed by atoms with van der Waals surface area (Å²) in [4.78, 5) is 11.8. The van der Waals surface area contributed by atoms with Crippen molar-refractivity contribution in [1.82, 2.24) is 9.78 Å². The van der Waals surface area contributed by atoms with E-state index in [9.17, 15) is 4.79 Å². The zero-order valence-corrected chi connectivity index (χ0v) is 9.33. The molecule has 0 saturated carbocycles. The highest BCUT2D eigenvalue weighted by Gasteiger charge is 2.19. The minimum atomic E-state index is -0.220. The van der Waals surface area contributed by atoms with Crippen LogP contribution < -0.4 is 5.56 Å². The first-order valence-corrected chi connectivity index (χ1v) is 5.43. The third-order valence-electron chi connectivity index (χ3n) is 2.61. The van der Waals surface area contributed by atoms with Gasteiger partial charge in [-0.1, -0.05) is 11.6 Å². The summed E-state index contributed by atoms with van der Waals surface area (Å²) in [5.41, 5.74) is 0.371. The van der Waals surface area contributed by atoms with E-state index in [1.54, 1.807) is 6.92 Å². The molecule has 0 bridgehead atoms. The molecule has 5 heteroatoms. The zero-order chi connectivity index (χ0) is 10.8. The number of hydrogen-bond donors (Lipinski definition) is 0. The van der Waals surface area contributed by atoms with Crippen LogP contribution in [0.15, 0.2) is 11.0 Å². The summed E-state index contributed by atoms with van der Waals surface area (Å²) in [6, 6.07) is 0. The molecule has 0 radical (unpaired) electrons. The number of ether oxygens (including phenoxy) is 1. The van der Waals surface area contributed by atoms with Crippen molar-refractivity contribution in [3.8, 4) is 0 Å². The van der Waals surface area contributed by atoms with Crippen LogP contribution in [0, 0.1) is 6.92 Å². The normalized spacial score (nSPS) is 21.6. The molecule has 1 aliphatic heterocycles. The molecule has 2 rings (SSSR count). The van der Waals surface area contributed by atoms with Gasteiger partial charge in [0.05, 0.1) is 11.2 Å². The van der Waals surface area contributed by atoms with Gasteiger partial charge in [0.15, 0.2) is 6.23 Å². The number of halogens is 1. The minimum absolute atomic E-state index is 0.158. The van der Waals surface area contributed by atoms with Crippen LogP contribution in [-0.2, 0) is 4.74 Å². The Morgan fingerprint density at radius 2 is 2.40 bits per heavy atom. The molecule has 0 unspecified atom stereocenters. The van der Waals surface area contributed by atoms with Gasteiger partial charge in [0.25, 0.3) is 5.56 Å². The lowest BCUT2D eigenvalue weighted by Crippen LogP contribution is -2.32. The van der Waals surface area contributed by atoms with E-state index in [4.69, 9.17) is 16.3 Å². The Morgan fingerprint density at radius 1 is 1.60 bits per heavy atom. The van der Waals surface area contributed by atoms with Crippen molar-refractivity contribution in [3.05, 3.63) is 27.1 Å². The van der Waals surface area contributed by atoms with E-state index >= 15 is 0 Å². The molecule has 1 saturated heterocycles. The first-order valence-electron chi connectivity index (χ1n) is 5.05. The zero-order valence-electron chi connectivity index (χ0n) is 8.57. The van der Waals surface area contributed by atoms with Gasteiger partial charge < -0.3 is 4.74 Å². The molecule has 0 spiro atoms. The van der Waals surface area contributed by atoms with Crippen LogP contribution in [0.1, 0.15) is 31.1 Å². The number of nitrogens with zero attached hydrogens (tertiary/aromatic N) is 2. The largest absolute Gasteiger partial charge is 0.356 e. The quantitative estimate of drug-likeness (QED) is 0.738. The molecule has 15 heavy (non-hydrogen) atoms. The average Bonchev–Trinajstić information content (AvgIpc) is 2.27. The predicted molar refractivity (Wildman–Crippen MR) is 57.1 cm³/mol. The summed E-state index contributed by atoms with van der Waals surface area (Å²) < 4.78 is 6.89. The van der Waals surface area contributed by atoms with Gasteiger partial charge >= 0.3 is 0 Å². The highest BCUT2D eigenvalue weighted by Crippen LogP contribution is 2.20. The summed E-state index contributed by atoms with van der Waals surface area (Å²) >= 11 is 5.81. The molecule has 82 valence electrons. The summed E-state index contributed by atoms with van der Waals surface area (Å²) in [7, 11) is 0. The lowest BCUT2D eigenvalue weighted by Gasteiger charge is -2.23. The Bertz CT molecular complexity index is 410. The average molecular weight is 229 g/mol. The fourth-order valence-electron chi connectivity index (χ4n) is 1.66. The second kappa shape index (κ2) is 4.33. The SMILES string of the molecule is Cc1c(Cl)cnn([C@H]2CCCCO2)c1=O. The van der Waals surface area contributed by atoms with Gasteiger partial charge in [0.1, 0.15) is 0 Å². The molecule has 0 aromatic carbocycles. The van der Waals surface area contributed by atoms with Gasteiger partial charge in [-0.2, -0.15) is 5.10 Å². The fraction of sp³-hybridized carbons (Fsp3) is 0.600. The molecule has 0 amide bonds. The highest BCUT2D eigenvalue weighted by atomic mass is 35.5. The van der Waals surface area contributed by atoms with Gasteiger partial charge in [-0.25, -0.2) is 4.68 Å². The van der Waals surface area contributed by atoms with E-state index in [0.29, 0.717) is 17.2 Å². The third-order valence-corrected chi connectivity index (χ3v) is 2.99. The smallest absolute Gasteiger partial charge is 0.273 e. The number of rotatable bonds is 1. The second-order valence-corrected chi connectivity index (χ2v) is 4.10. The topological polar surface area (TPSA) is 44.1 Å². The van der Waals surface area contributed by atoms with Crippen molar-refractivity contribution in [1.29, 1.82) is 0 Å². The molecule has 1 fully saturated rings. The van der Waals surface area contributed by atoms with E-state index < -0.39 is 0 Å². The van der Waals surface area contributed by atoms with Crippen LogP contribution in [0.2, 0.25) is 5.02 Å². The van der Waals surface area contributed by atoms with E-state index in [0.717, 1.165) is 19.3 Å². The molecule has 0 aliphatic carbocycles. The van der Waals surface area contributed by atoms with Crippen LogP contribution in [-0.4, -0.2) is 16.4 Å². The lowest BCUT2D eigenvalue weighted by atomic mass is 10.2. The van der Waals surface area contributed by atoms with Crippen LogP contribution in [0.4, 0.5) is 0 Å². The molecule has 0 N–H and O–H groups in total. The third kappa shape index (κ3) is 2.06. The van der Waals surface area contributed by atoms with Gasteiger partial charge in [-0.3, -0.25) is 4.79 Å². The van der Waals surface area contributed by atoms with Crippen molar-refractivity contribution >= 4 is 11.6 Å². The summed E-state index contributed by atoms with van der Waals surface area (Å²) in [6.45, 7) is 2.39. The first-order chi connectivity index (χ1) is 7.20. The van der Waals surface area contributed by atoms with E-state index in [1.165, 1.54) is 10.9 Å². The predicted octanol–water partition coefficient (Wildman–Crippen LogP) is 1.90. The van der Waals surface area contributed by atoms with Crippen molar-refractivity contribution in [3.63, 3.8) is 0 Å². The van der Waals surface area contributed by atoms with Gasteiger partial charge in [0.2, 0.25) is 0 Å². The Labute approximate surface area is 92.8 Å². The molecule has 1 aromatic heterocycles. The lowest BCUT2D eigenvalue weighted by molar-refractivity contribution is -0.0426. The van der Waals surface area contributed by atoms with E-state index in [-0.39, 0.29) is 11.8 Å². The highest BCUT2D eigenvalue weighted by molar-refractivity contribution is 6.31. The number of hydrogen-bond acceptors (Lipinski definition) is 3. The van der Waals surface area contributed by atoms with Crippen LogP contribution in [0.5, 0.6) is 0 Å². The summed E-state index contributed by atoms with van der Waals surface area (Å²) in [5.74, 6) is 0. The summed E-state index contributed by atoms with van der Waals surface area (Å²) in [6.07, 6.45) is 4.24. The maximum absolute atomic E-state index is 11.8. The van der Waals surface area contributed by atoms with Gasteiger partial charge in [-0.15, -0.1) is 0 Å². The van der Waals surface area contributed by atoms with E-state index in [1.807, 2.05) is 0 Å². The molecule has 1 atom stereocenters. The molecular formula is C10H13ClN2O2. The molecule has 2 heterocycles. The van der Waals surface area contributed by atoms with Crippen molar-refractivity contribution < 1.29 is 4.74 Å². The minimum Gasteiger partial charge on any atom is -0.356 e. The molecule has 1 aliphatic rings. The molecule has 4 nitrogen and oxygen atoms in total. The van der Waals surface area contributed by atoms with Crippen molar-refractivity contribution in [2.24, 2.45) is 0 Å². The number of aromatic nitrogens is 2. The van der Waals surface area contributed by atoms with Crippen molar-refractivity contribution in [2.75, 3.05) is 6.61 Å². The van der Waals surface area contributed by atoms with Crippen LogP contribution in [0.25, 0.3) is 0 Å². The van der Waals surface area contributed by atoms with Gasteiger partial charge in [0, 0.05) is 12.2 Å². The van der Waals surface area contributed by atoms with E-state index in [2.05, 4.69) is 5.10 Å². The maximum atomic E-state index is 11.8. The van der Waals surface area contributed by atoms with Crippen LogP contribution in [0.3, 0.4) is 0 Å². The Hall–Kier alpha value is -0.870. The van der Waals surface area contributed by atoms with Crippen molar-refractivity contribution in [2.45, 2.75) is 32.4 Å². The first kappa shape index (κ1) is 10.6.